The van der Waals surface area contributed by atoms with E-state index >= 15 is 0 Å². The van der Waals surface area contributed by atoms with Crippen LogP contribution in [0.5, 0.6) is 0 Å². The zero-order valence-electron chi connectivity index (χ0n) is 9.54. The lowest BCUT2D eigenvalue weighted by atomic mass is 9.75. The van der Waals surface area contributed by atoms with Crippen LogP contribution in [0, 0.1) is 0 Å². The van der Waals surface area contributed by atoms with Gasteiger partial charge in [0.1, 0.15) is 0 Å². The fourth-order valence-corrected chi connectivity index (χ4v) is 1.20. The molecule has 2 aromatic heterocycles. The molecular formula is C11H12BN5. The summed E-state index contributed by atoms with van der Waals surface area (Å²) in [5.41, 5.74) is 4.64. The molecule has 6 heteroatoms. The lowest BCUT2D eigenvalue weighted by molar-refractivity contribution is 1.13. The van der Waals surface area contributed by atoms with Crippen molar-refractivity contribution in [2.45, 2.75) is 6.82 Å². The summed E-state index contributed by atoms with van der Waals surface area (Å²) in [5.74, 6) is 0.481. The van der Waals surface area contributed by atoms with E-state index in [1.807, 2.05) is 18.2 Å². The molecule has 0 atom stereocenters. The Morgan fingerprint density at radius 3 is 2.71 bits per heavy atom. The first-order valence-corrected chi connectivity index (χ1v) is 5.39. The molecule has 2 aromatic rings. The molecule has 0 aliphatic carbocycles. The third-order valence-corrected chi connectivity index (χ3v) is 2.16. The molecule has 0 aromatic carbocycles. The largest absolute Gasteiger partial charge is 0.255 e. The van der Waals surface area contributed by atoms with E-state index in [9.17, 15) is 0 Å². The van der Waals surface area contributed by atoms with Crippen molar-refractivity contribution in [3.8, 4) is 0 Å². The van der Waals surface area contributed by atoms with E-state index in [-0.39, 0.29) is 0 Å². The molecule has 0 unspecified atom stereocenters. The number of hydrazone groups is 1. The van der Waals surface area contributed by atoms with E-state index in [4.69, 9.17) is 0 Å². The molecule has 0 fully saturated rings. The number of aromatic nitrogens is 3. The van der Waals surface area contributed by atoms with Crippen LogP contribution < -0.4 is 10.9 Å². The van der Waals surface area contributed by atoms with Gasteiger partial charge in [0.05, 0.1) is 11.9 Å². The Kier molecular flexibility index (Phi) is 3.80. The van der Waals surface area contributed by atoms with Crippen LogP contribution in [0.4, 0.5) is 5.95 Å². The van der Waals surface area contributed by atoms with Crippen LogP contribution in [-0.2, 0) is 0 Å². The molecule has 84 valence electrons. The Morgan fingerprint density at radius 1 is 1.24 bits per heavy atom. The molecule has 0 saturated carbocycles. The zero-order chi connectivity index (χ0) is 11.9. The average molecular weight is 225 g/mol. The van der Waals surface area contributed by atoms with Gasteiger partial charge in [-0.05, 0) is 17.6 Å². The summed E-state index contributed by atoms with van der Waals surface area (Å²) in [7, 11) is 0.928. The Hall–Kier alpha value is -2.24. The molecule has 5 nitrogen and oxygen atoms in total. The SMILES string of the molecule is CBc1cnc(N/N=C/c2ccccn2)nc1. The quantitative estimate of drug-likeness (QED) is 0.465. The van der Waals surface area contributed by atoms with E-state index in [0.717, 1.165) is 18.4 Å². The molecule has 0 bridgehead atoms. The monoisotopic (exact) mass is 225 g/mol. The molecule has 0 amide bonds. The number of pyridine rings is 1. The molecular weight excluding hydrogens is 213 g/mol. The Morgan fingerprint density at radius 2 is 2.06 bits per heavy atom. The number of nitrogens with one attached hydrogen (secondary N) is 1. The normalized spacial score (nSPS) is 10.4. The number of hydrogen-bond donors (Lipinski definition) is 1. The fourth-order valence-electron chi connectivity index (χ4n) is 1.20. The van der Waals surface area contributed by atoms with Crippen molar-refractivity contribution in [1.82, 2.24) is 15.0 Å². The van der Waals surface area contributed by atoms with Crippen molar-refractivity contribution in [3.63, 3.8) is 0 Å². The lowest BCUT2D eigenvalue weighted by Crippen LogP contribution is -2.13. The second-order valence-corrected chi connectivity index (χ2v) is 3.39. The fraction of sp³-hybridized carbons (Fsp3) is 0.0909. The molecule has 0 saturated heterocycles. The maximum absolute atomic E-state index is 4.12. The van der Waals surface area contributed by atoms with Crippen molar-refractivity contribution < 1.29 is 0 Å². The van der Waals surface area contributed by atoms with Gasteiger partial charge in [-0.2, -0.15) is 5.10 Å². The number of rotatable bonds is 4. The van der Waals surface area contributed by atoms with Gasteiger partial charge in [0, 0.05) is 18.6 Å². The highest BCUT2D eigenvalue weighted by molar-refractivity contribution is 6.51. The minimum absolute atomic E-state index is 0.481. The molecule has 0 aliphatic heterocycles. The second-order valence-electron chi connectivity index (χ2n) is 3.39. The minimum atomic E-state index is 0.481. The van der Waals surface area contributed by atoms with Gasteiger partial charge in [0.2, 0.25) is 5.95 Å². The Balaban J connectivity index is 1.95. The predicted molar refractivity (Wildman–Crippen MR) is 70.1 cm³/mol. The highest BCUT2D eigenvalue weighted by Gasteiger charge is 1.94. The van der Waals surface area contributed by atoms with Gasteiger partial charge in [-0.15, -0.1) is 0 Å². The summed E-state index contributed by atoms with van der Waals surface area (Å²) in [6, 6.07) is 5.63. The van der Waals surface area contributed by atoms with Gasteiger partial charge < -0.3 is 0 Å². The van der Waals surface area contributed by atoms with E-state index in [1.165, 1.54) is 0 Å². The third-order valence-electron chi connectivity index (χ3n) is 2.16. The standard InChI is InChI=1S/C11H12BN5/c1-12-9-6-14-11(15-7-9)17-16-8-10-4-2-3-5-13-10/h2-8,12H,1H3,(H,14,15,17)/b16-8+. The third kappa shape index (κ3) is 3.37. The maximum atomic E-state index is 4.12. The molecule has 2 rings (SSSR count). The topological polar surface area (TPSA) is 63.1 Å². The molecule has 17 heavy (non-hydrogen) atoms. The summed E-state index contributed by atoms with van der Waals surface area (Å²) in [6.07, 6.45) is 6.90. The van der Waals surface area contributed by atoms with Gasteiger partial charge in [-0.1, -0.05) is 12.9 Å². The summed E-state index contributed by atoms with van der Waals surface area (Å²) in [4.78, 5) is 12.4. The number of nitrogens with zero attached hydrogens (tertiary/aromatic N) is 4. The number of anilines is 1. The van der Waals surface area contributed by atoms with Crippen LogP contribution in [0.2, 0.25) is 6.82 Å². The first kappa shape index (κ1) is 11.3. The van der Waals surface area contributed by atoms with Crippen molar-refractivity contribution >= 4 is 24.9 Å². The zero-order valence-corrected chi connectivity index (χ0v) is 9.54. The van der Waals surface area contributed by atoms with Gasteiger partial charge >= 0.3 is 0 Å². The average Bonchev–Trinajstić information content (AvgIpc) is 2.41. The summed E-state index contributed by atoms with van der Waals surface area (Å²) in [6.45, 7) is 2.06. The van der Waals surface area contributed by atoms with E-state index in [1.54, 1.807) is 24.8 Å². The minimum Gasteiger partial charge on any atom is -0.255 e. The molecule has 0 spiro atoms. The molecule has 0 radical (unpaired) electrons. The Bertz CT molecular complexity index is 483. The molecule has 1 N–H and O–H groups in total. The summed E-state index contributed by atoms with van der Waals surface area (Å²) >= 11 is 0. The van der Waals surface area contributed by atoms with Gasteiger partial charge in [0.15, 0.2) is 7.28 Å². The van der Waals surface area contributed by atoms with Crippen LogP contribution in [0.3, 0.4) is 0 Å². The van der Waals surface area contributed by atoms with Crippen LogP contribution in [0.15, 0.2) is 41.9 Å². The van der Waals surface area contributed by atoms with E-state index < -0.39 is 0 Å². The van der Waals surface area contributed by atoms with Crippen molar-refractivity contribution in [3.05, 3.63) is 42.5 Å². The van der Waals surface area contributed by atoms with E-state index in [2.05, 4.69) is 32.3 Å². The van der Waals surface area contributed by atoms with Crippen LogP contribution in [0.25, 0.3) is 0 Å². The van der Waals surface area contributed by atoms with Crippen molar-refractivity contribution in [2.24, 2.45) is 5.10 Å². The first-order valence-electron chi connectivity index (χ1n) is 5.39. The van der Waals surface area contributed by atoms with Crippen LogP contribution >= 0.6 is 0 Å². The summed E-state index contributed by atoms with van der Waals surface area (Å²) < 4.78 is 0. The predicted octanol–water partition coefficient (Wildman–Crippen LogP) is 0.427. The highest BCUT2D eigenvalue weighted by atomic mass is 15.3. The van der Waals surface area contributed by atoms with Gasteiger partial charge in [-0.25, -0.2) is 15.4 Å². The van der Waals surface area contributed by atoms with Crippen LogP contribution in [-0.4, -0.2) is 28.4 Å². The number of hydrogen-bond acceptors (Lipinski definition) is 5. The Labute approximate surface area is 100 Å². The molecule has 2 heterocycles. The van der Waals surface area contributed by atoms with Crippen molar-refractivity contribution in [2.75, 3.05) is 5.43 Å². The van der Waals surface area contributed by atoms with Crippen molar-refractivity contribution in [1.29, 1.82) is 0 Å². The maximum Gasteiger partial charge on any atom is 0.243 e. The second kappa shape index (κ2) is 5.74. The lowest BCUT2D eigenvalue weighted by Gasteiger charge is -1.98. The highest BCUT2D eigenvalue weighted by Crippen LogP contribution is 1.93. The van der Waals surface area contributed by atoms with Gasteiger partial charge in [-0.3, -0.25) is 4.98 Å². The first-order chi connectivity index (χ1) is 8.38. The van der Waals surface area contributed by atoms with Crippen LogP contribution in [0.1, 0.15) is 5.69 Å². The summed E-state index contributed by atoms with van der Waals surface area (Å²) in [5, 5.41) is 4.00. The molecule has 0 aliphatic rings. The van der Waals surface area contributed by atoms with Gasteiger partial charge in [0.25, 0.3) is 0 Å². The smallest absolute Gasteiger partial charge is 0.243 e. The van der Waals surface area contributed by atoms with E-state index in [0.29, 0.717) is 5.95 Å².